The third kappa shape index (κ3) is 4.77. The monoisotopic (exact) mass is 345 g/mol. The van der Waals surface area contributed by atoms with E-state index in [1.54, 1.807) is 22.4 Å². The molecule has 22 heavy (non-hydrogen) atoms. The Labute approximate surface area is 135 Å². The van der Waals surface area contributed by atoms with E-state index in [4.69, 9.17) is 5.73 Å². The van der Waals surface area contributed by atoms with Gasteiger partial charge in [-0.25, -0.2) is 13.1 Å². The first kappa shape index (κ1) is 17.4. The molecule has 1 unspecified atom stereocenters. The molecule has 1 fully saturated rings. The zero-order valence-corrected chi connectivity index (χ0v) is 14.3. The largest absolute Gasteiger partial charge is 0.343 e. The van der Waals surface area contributed by atoms with Crippen LogP contribution in [0.2, 0.25) is 0 Å². The topological polar surface area (TPSA) is 92.5 Å². The third-order valence-corrected chi connectivity index (χ3v) is 6.66. The molecule has 8 heteroatoms. The summed E-state index contributed by atoms with van der Waals surface area (Å²) in [6, 6.07) is 3.24. The molecule has 6 nitrogen and oxygen atoms in total. The Kier molecular flexibility index (Phi) is 5.96. The van der Waals surface area contributed by atoms with E-state index in [9.17, 15) is 13.2 Å². The number of carbonyl (C=O) groups excluding carboxylic acids is 1. The van der Waals surface area contributed by atoms with Crippen molar-refractivity contribution in [2.75, 3.05) is 13.1 Å². The van der Waals surface area contributed by atoms with E-state index < -0.39 is 10.0 Å². The highest BCUT2D eigenvalue weighted by molar-refractivity contribution is 7.91. The number of likely N-dealkylation sites (tertiary alicyclic amines) is 1. The molecule has 1 saturated heterocycles. The Morgan fingerprint density at radius 2 is 2.18 bits per heavy atom. The summed E-state index contributed by atoms with van der Waals surface area (Å²) in [7, 11) is -3.43. The predicted octanol–water partition coefficient (Wildman–Crippen LogP) is 1.14. The fourth-order valence-electron chi connectivity index (χ4n) is 2.45. The molecule has 0 saturated carbocycles. The summed E-state index contributed by atoms with van der Waals surface area (Å²) in [6.07, 6.45) is 2.44. The van der Waals surface area contributed by atoms with Gasteiger partial charge in [0, 0.05) is 31.6 Å². The van der Waals surface area contributed by atoms with Crippen molar-refractivity contribution in [3.05, 3.63) is 17.5 Å². The van der Waals surface area contributed by atoms with Gasteiger partial charge in [0.25, 0.3) is 0 Å². The van der Waals surface area contributed by atoms with Crippen molar-refractivity contribution in [2.45, 2.75) is 48.9 Å². The van der Waals surface area contributed by atoms with Crippen molar-refractivity contribution in [3.8, 4) is 0 Å². The molecule has 1 aliphatic heterocycles. The summed E-state index contributed by atoms with van der Waals surface area (Å²) in [4.78, 5) is 13.8. The fraction of sp³-hybridized carbons (Fsp3) is 0.643. The van der Waals surface area contributed by atoms with E-state index in [-0.39, 0.29) is 18.0 Å². The van der Waals surface area contributed by atoms with Gasteiger partial charge in [-0.05, 0) is 37.6 Å². The number of nitrogens with two attached hydrogens (primary N) is 1. The second-order valence-electron chi connectivity index (χ2n) is 5.72. The number of thiophene rings is 1. The van der Waals surface area contributed by atoms with Crippen LogP contribution >= 0.6 is 11.3 Å². The quantitative estimate of drug-likeness (QED) is 0.809. The third-order valence-electron chi connectivity index (χ3n) is 3.74. The molecule has 2 rings (SSSR count). The minimum atomic E-state index is -3.43. The first-order valence-corrected chi connectivity index (χ1v) is 9.84. The number of amides is 1. The summed E-state index contributed by atoms with van der Waals surface area (Å²) in [5.74, 6) is 0.108. The standard InChI is InChI=1S/C14H23N3O3S2/c1-11(15)4-5-13(18)17-8-6-12(7-9-17)16-22(19,20)14-3-2-10-21-14/h2-3,10-12,16H,4-9,15H2,1H3. The minimum absolute atomic E-state index is 0.0269. The summed E-state index contributed by atoms with van der Waals surface area (Å²) < 4.78 is 27.4. The molecule has 0 radical (unpaired) electrons. The second-order valence-corrected chi connectivity index (χ2v) is 8.61. The number of nitrogens with zero attached hydrogens (tertiary/aromatic N) is 1. The van der Waals surface area contributed by atoms with Crippen LogP contribution in [0.15, 0.2) is 21.7 Å². The average Bonchev–Trinajstić information content (AvgIpc) is 3.00. The molecular formula is C14H23N3O3S2. The van der Waals surface area contributed by atoms with Crippen LogP contribution in [0, 0.1) is 0 Å². The number of sulfonamides is 1. The van der Waals surface area contributed by atoms with E-state index >= 15 is 0 Å². The van der Waals surface area contributed by atoms with Gasteiger partial charge in [0.2, 0.25) is 15.9 Å². The van der Waals surface area contributed by atoms with Gasteiger partial charge in [-0.1, -0.05) is 6.07 Å². The first-order chi connectivity index (χ1) is 10.4. The molecular weight excluding hydrogens is 322 g/mol. The van der Waals surface area contributed by atoms with E-state index in [0.717, 1.165) is 0 Å². The highest BCUT2D eigenvalue weighted by Gasteiger charge is 2.26. The van der Waals surface area contributed by atoms with Crippen LogP contribution in [0.1, 0.15) is 32.6 Å². The van der Waals surface area contributed by atoms with Crippen LogP contribution in [0.25, 0.3) is 0 Å². The summed E-state index contributed by atoms with van der Waals surface area (Å²) in [5.41, 5.74) is 5.66. The molecule has 124 valence electrons. The van der Waals surface area contributed by atoms with Crippen LogP contribution in [-0.4, -0.2) is 44.4 Å². The van der Waals surface area contributed by atoms with Gasteiger partial charge in [0.1, 0.15) is 4.21 Å². The van der Waals surface area contributed by atoms with Crippen LogP contribution in [-0.2, 0) is 14.8 Å². The fourth-order valence-corrected chi connectivity index (χ4v) is 4.76. The SMILES string of the molecule is CC(N)CCC(=O)N1CCC(NS(=O)(=O)c2cccs2)CC1. The van der Waals surface area contributed by atoms with Crippen molar-refractivity contribution in [3.63, 3.8) is 0 Å². The Hall–Kier alpha value is -0.960. The maximum absolute atomic E-state index is 12.2. The number of piperidine rings is 1. The van der Waals surface area contributed by atoms with Gasteiger partial charge in [-0.2, -0.15) is 0 Å². The molecule has 0 aliphatic carbocycles. The number of hydrogen-bond acceptors (Lipinski definition) is 5. The molecule has 1 aliphatic rings. The Morgan fingerprint density at radius 3 is 2.73 bits per heavy atom. The van der Waals surface area contributed by atoms with Crippen molar-refractivity contribution < 1.29 is 13.2 Å². The molecule has 1 aromatic heterocycles. The lowest BCUT2D eigenvalue weighted by molar-refractivity contribution is -0.132. The van der Waals surface area contributed by atoms with Gasteiger partial charge >= 0.3 is 0 Å². The zero-order valence-electron chi connectivity index (χ0n) is 12.7. The normalized spacial score (nSPS) is 18.4. The van der Waals surface area contributed by atoms with Crippen LogP contribution < -0.4 is 10.5 Å². The predicted molar refractivity (Wildman–Crippen MR) is 87.1 cm³/mol. The van der Waals surface area contributed by atoms with Crippen molar-refractivity contribution in [1.82, 2.24) is 9.62 Å². The van der Waals surface area contributed by atoms with E-state index in [1.165, 1.54) is 11.3 Å². The van der Waals surface area contributed by atoms with Gasteiger partial charge in [-0.3, -0.25) is 4.79 Å². The minimum Gasteiger partial charge on any atom is -0.343 e. The highest BCUT2D eigenvalue weighted by atomic mass is 32.2. The molecule has 3 N–H and O–H groups in total. The zero-order chi connectivity index (χ0) is 16.2. The number of nitrogens with one attached hydrogen (secondary N) is 1. The van der Waals surface area contributed by atoms with E-state index in [0.29, 0.717) is 43.0 Å². The number of hydrogen-bond donors (Lipinski definition) is 2. The maximum atomic E-state index is 12.2. The van der Waals surface area contributed by atoms with E-state index in [2.05, 4.69) is 4.72 Å². The van der Waals surface area contributed by atoms with Gasteiger partial charge in [0.05, 0.1) is 0 Å². The lowest BCUT2D eigenvalue weighted by Gasteiger charge is -2.32. The lowest BCUT2D eigenvalue weighted by Crippen LogP contribution is -2.46. The Morgan fingerprint density at radius 1 is 1.50 bits per heavy atom. The van der Waals surface area contributed by atoms with Gasteiger partial charge in [-0.15, -0.1) is 11.3 Å². The van der Waals surface area contributed by atoms with Crippen molar-refractivity contribution >= 4 is 27.3 Å². The summed E-state index contributed by atoms with van der Waals surface area (Å²) >= 11 is 1.21. The number of rotatable bonds is 6. The van der Waals surface area contributed by atoms with Gasteiger partial charge in [0.15, 0.2) is 0 Å². The van der Waals surface area contributed by atoms with E-state index in [1.807, 2.05) is 6.92 Å². The van der Waals surface area contributed by atoms with Crippen molar-refractivity contribution in [2.24, 2.45) is 5.73 Å². The molecule has 1 atom stereocenters. The Balaban J connectivity index is 1.81. The molecule has 2 heterocycles. The average molecular weight is 345 g/mol. The lowest BCUT2D eigenvalue weighted by atomic mass is 10.1. The van der Waals surface area contributed by atoms with Gasteiger partial charge < -0.3 is 10.6 Å². The smallest absolute Gasteiger partial charge is 0.250 e. The molecule has 0 spiro atoms. The molecule has 0 aromatic carbocycles. The molecule has 1 aromatic rings. The molecule has 0 bridgehead atoms. The summed E-state index contributed by atoms with van der Waals surface area (Å²) in [6.45, 7) is 3.07. The first-order valence-electron chi connectivity index (χ1n) is 7.47. The molecule has 1 amide bonds. The second kappa shape index (κ2) is 7.54. The summed E-state index contributed by atoms with van der Waals surface area (Å²) in [5, 5.41) is 1.74. The van der Waals surface area contributed by atoms with Crippen LogP contribution in [0.4, 0.5) is 0 Å². The maximum Gasteiger partial charge on any atom is 0.250 e. The van der Waals surface area contributed by atoms with Crippen molar-refractivity contribution in [1.29, 1.82) is 0 Å². The van der Waals surface area contributed by atoms with Crippen LogP contribution in [0.3, 0.4) is 0 Å². The van der Waals surface area contributed by atoms with Crippen LogP contribution in [0.5, 0.6) is 0 Å². The Bertz CT molecular complexity index is 576. The number of carbonyl (C=O) groups is 1. The highest BCUT2D eigenvalue weighted by Crippen LogP contribution is 2.19.